The van der Waals surface area contributed by atoms with Crippen molar-refractivity contribution in [3.8, 4) is 0 Å². The van der Waals surface area contributed by atoms with Gasteiger partial charge < -0.3 is 5.11 Å². The molecule has 0 fully saturated rings. The largest absolute Gasteiger partial charge is 0.396 e. The normalized spacial score (nSPS) is 13.6. The maximum Gasteiger partial charge on any atom is 0.212 e. The topological polar surface area (TPSA) is 66.4 Å². The summed E-state index contributed by atoms with van der Waals surface area (Å²) in [5, 5.41) is 9.54. The molecule has 18 heavy (non-hydrogen) atoms. The SMILES string of the molecule is CC(NS(=O)(=O)CCCO)c1ccc(Cl)cc1Cl. The van der Waals surface area contributed by atoms with E-state index in [0.29, 0.717) is 15.6 Å². The molecule has 0 amide bonds. The average Bonchev–Trinajstić information content (AvgIpc) is 2.25. The van der Waals surface area contributed by atoms with Crippen LogP contribution in [0.1, 0.15) is 24.9 Å². The van der Waals surface area contributed by atoms with Crippen LogP contribution >= 0.6 is 23.2 Å². The zero-order valence-electron chi connectivity index (χ0n) is 9.86. The highest BCUT2D eigenvalue weighted by Gasteiger charge is 2.17. The minimum absolute atomic E-state index is 0.112. The summed E-state index contributed by atoms with van der Waals surface area (Å²) in [6.07, 6.45) is 0.205. The van der Waals surface area contributed by atoms with E-state index in [4.69, 9.17) is 28.3 Å². The maximum absolute atomic E-state index is 11.7. The van der Waals surface area contributed by atoms with Gasteiger partial charge in [-0.3, -0.25) is 0 Å². The van der Waals surface area contributed by atoms with Crippen molar-refractivity contribution in [3.63, 3.8) is 0 Å². The third kappa shape index (κ3) is 4.74. The first-order valence-corrected chi connectivity index (χ1v) is 7.82. The molecule has 102 valence electrons. The number of rotatable bonds is 6. The van der Waals surface area contributed by atoms with Crippen molar-refractivity contribution in [2.45, 2.75) is 19.4 Å². The first-order chi connectivity index (χ1) is 8.35. The Labute approximate surface area is 117 Å². The summed E-state index contributed by atoms with van der Waals surface area (Å²) in [6, 6.07) is 4.46. The third-order valence-electron chi connectivity index (χ3n) is 2.36. The number of aliphatic hydroxyl groups is 1. The molecule has 7 heteroatoms. The Hall–Kier alpha value is -0.330. The van der Waals surface area contributed by atoms with E-state index in [1.165, 1.54) is 0 Å². The lowest BCUT2D eigenvalue weighted by Gasteiger charge is -2.16. The number of hydrogen-bond acceptors (Lipinski definition) is 3. The summed E-state index contributed by atoms with van der Waals surface area (Å²) in [4.78, 5) is 0. The van der Waals surface area contributed by atoms with Gasteiger partial charge in [0.05, 0.1) is 5.75 Å². The van der Waals surface area contributed by atoms with Gasteiger partial charge in [0.25, 0.3) is 0 Å². The summed E-state index contributed by atoms with van der Waals surface area (Å²) in [5.41, 5.74) is 0.661. The molecule has 0 bridgehead atoms. The van der Waals surface area contributed by atoms with Crippen molar-refractivity contribution in [1.82, 2.24) is 4.72 Å². The van der Waals surface area contributed by atoms with Crippen molar-refractivity contribution in [2.24, 2.45) is 0 Å². The van der Waals surface area contributed by atoms with Gasteiger partial charge in [-0.2, -0.15) is 0 Å². The van der Waals surface area contributed by atoms with Gasteiger partial charge in [-0.25, -0.2) is 13.1 Å². The molecule has 0 aliphatic carbocycles. The van der Waals surface area contributed by atoms with Crippen LogP contribution in [0.15, 0.2) is 18.2 Å². The minimum Gasteiger partial charge on any atom is -0.396 e. The van der Waals surface area contributed by atoms with Gasteiger partial charge in [-0.05, 0) is 31.0 Å². The molecule has 2 N–H and O–H groups in total. The lowest BCUT2D eigenvalue weighted by molar-refractivity contribution is 0.295. The second kappa shape index (κ2) is 6.73. The molecule has 1 atom stereocenters. The smallest absolute Gasteiger partial charge is 0.212 e. The van der Waals surface area contributed by atoms with Crippen molar-refractivity contribution in [1.29, 1.82) is 0 Å². The molecule has 0 aliphatic heterocycles. The highest BCUT2D eigenvalue weighted by Crippen LogP contribution is 2.26. The van der Waals surface area contributed by atoms with E-state index in [9.17, 15) is 8.42 Å². The molecule has 0 radical (unpaired) electrons. The van der Waals surface area contributed by atoms with Gasteiger partial charge in [0.1, 0.15) is 0 Å². The molecule has 1 unspecified atom stereocenters. The molecule has 1 aromatic carbocycles. The molecule has 0 saturated carbocycles. The fraction of sp³-hybridized carbons (Fsp3) is 0.455. The van der Waals surface area contributed by atoms with Gasteiger partial charge >= 0.3 is 0 Å². The molecule has 1 rings (SSSR count). The van der Waals surface area contributed by atoms with E-state index in [1.807, 2.05) is 0 Å². The van der Waals surface area contributed by atoms with Crippen LogP contribution < -0.4 is 4.72 Å². The Morgan fingerprint density at radius 3 is 2.61 bits per heavy atom. The molecule has 0 spiro atoms. The Morgan fingerprint density at radius 1 is 1.39 bits per heavy atom. The van der Waals surface area contributed by atoms with Crippen LogP contribution in [0.2, 0.25) is 10.0 Å². The Balaban J connectivity index is 2.79. The van der Waals surface area contributed by atoms with E-state index in [1.54, 1.807) is 25.1 Å². The number of hydrogen-bond donors (Lipinski definition) is 2. The highest BCUT2D eigenvalue weighted by molar-refractivity contribution is 7.89. The fourth-order valence-corrected chi connectivity index (χ4v) is 3.36. The lowest BCUT2D eigenvalue weighted by Crippen LogP contribution is -2.29. The zero-order chi connectivity index (χ0) is 13.8. The van der Waals surface area contributed by atoms with Crippen LogP contribution in [0.4, 0.5) is 0 Å². The molecular weight excluding hydrogens is 297 g/mol. The van der Waals surface area contributed by atoms with Crippen LogP contribution in [-0.2, 0) is 10.0 Å². The molecular formula is C11H15Cl2NO3S. The van der Waals surface area contributed by atoms with Crippen molar-refractivity contribution in [2.75, 3.05) is 12.4 Å². The minimum atomic E-state index is -3.42. The first-order valence-electron chi connectivity index (χ1n) is 5.41. The van der Waals surface area contributed by atoms with Crippen LogP contribution in [-0.4, -0.2) is 25.9 Å². The van der Waals surface area contributed by atoms with E-state index >= 15 is 0 Å². The van der Waals surface area contributed by atoms with Gasteiger partial charge in [0, 0.05) is 22.7 Å². The summed E-state index contributed by atoms with van der Waals surface area (Å²) < 4.78 is 25.8. The zero-order valence-corrected chi connectivity index (χ0v) is 12.2. The van der Waals surface area contributed by atoms with Crippen LogP contribution in [0.3, 0.4) is 0 Å². The monoisotopic (exact) mass is 311 g/mol. The maximum atomic E-state index is 11.7. The second-order valence-electron chi connectivity index (χ2n) is 3.90. The number of nitrogens with one attached hydrogen (secondary N) is 1. The van der Waals surface area contributed by atoms with E-state index < -0.39 is 16.1 Å². The van der Waals surface area contributed by atoms with Crippen LogP contribution in [0.5, 0.6) is 0 Å². The molecule has 0 saturated heterocycles. The quantitative estimate of drug-likeness (QED) is 0.847. The summed E-state index contributed by atoms with van der Waals surface area (Å²) in [6.45, 7) is 1.54. The van der Waals surface area contributed by atoms with Crippen molar-refractivity contribution < 1.29 is 13.5 Å². The first kappa shape index (κ1) is 15.7. The summed E-state index contributed by atoms with van der Waals surface area (Å²) in [7, 11) is -3.42. The summed E-state index contributed by atoms with van der Waals surface area (Å²) >= 11 is 11.8. The Morgan fingerprint density at radius 2 is 2.06 bits per heavy atom. The predicted octanol–water partition coefficient (Wildman–Crippen LogP) is 2.36. The van der Waals surface area contributed by atoms with Gasteiger partial charge in [0.2, 0.25) is 10.0 Å². The molecule has 4 nitrogen and oxygen atoms in total. The molecule has 0 aliphatic rings. The summed E-state index contributed by atoms with van der Waals surface area (Å²) in [5.74, 6) is -0.112. The molecule has 1 aromatic rings. The Bertz CT molecular complexity index is 505. The van der Waals surface area contributed by atoms with Crippen molar-refractivity contribution >= 4 is 33.2 Å². The van der Waals surface area contributed by atoms with Gasteiger partial charge in [-0.1, -0.05) is 29.3 Å². The van der Waals surface area contributed by atoms with E-state index in [2.05, 4.69) is 4.72 Å². The van der Waals surface area contributed by atoms with E-state index in [-0.39, 0.29) is 18.8 Å². The number of aliphatic hydroxyl groups excluding tert-OH is 1. The van der Waals surface area contributed by atoms with Gasteiger partial charge in [0.15, 0.2) is 0 Å². The third-order valence-corrected chi connectivity index (χ3v) is 4.46. The number of benzene rings is 1. The lowest BCUT2D eigenvalue weighted by atomic mass is 10.1. The molecule has 0 aromatic heterocycles. The van der Waals surface area contributed by atoms with E-state index in [0.717, 1.165) is 0 Å². The predicted molar refractivity (Wildman–Crippen MR) is 73.5 cm³/mol. The second-order valence-corrected chi connectivity index (χ2v) is 6.62. The van der Waals surface area contributed by atoms with Crippen LogP contribution in [0, 0.1) is 0 Å². The average molecular weight is 312 g/mol. The molecule has 0 heterocycles. The Kier molecular flexibility index (Phi) is 5.88. The van der Waals surface area contributed by atoms with Crippen LogP contribution in [0.25, 0.3) is 0 Å². The number of halogens is 2. The van der Waals surface area contributed by atoms with Crippen molar-refractivity contribution in [3.05, 3.63) is 33.8 Å². The standard InChI is InChI=1S/C11H15Cl2NO3S/c1-8(14-18(16,17)6-2-5-15)10-4-3-9(12)7-11(10)13/h3-4,7-8,14-15H,2,5-6H2,1H3. The van der Waals surface area contributed by atoms with Gasteiger partial charge in [-0.15, -0.1) is 0 Å². The number of sulfonamides is 1. The highest BCUT2D eigenvalue weighted by atomic mass is 35.5. The fourth-order valence-electron chi connectivity index (χ4n) is 1.50.